The zero-order chi connectivity index (χ0) is 13.4. The minimum atomic E-state index is -0.941. The highest BCUT2D eigenvalue weighted by Gasteiger charge is 2.10. The molecule has 3 rings (SSSR count). The number of hydrogen-bond donors (Lipinski definition) is 1. The molecule has 1 aromatic heterocycles. The average Bonchev–Trinajstić information content (AvgIpc) is 2.77. The van der Waals surface area contributed by atoms with Crippen molar-refractivity contribution in [2.24, 2.45) is 0 Å². The number of aromatic carboxylic acids is 1. The number of fused-ring (bicyclic) bond motifs is 1. The number of carboxylic acids is 1. The van der Waals surface area contributed by atoms with E-state index in [1.807, 2.05) is 31.2 Å². The molecule has 0 fully saturated rings. The third-order valence-corrected chi connectivity index (χ3v) is 3.05. The summed E-state index contributed by atoms with van der Waals surface area (Å²) in [5.74, 6) is -0.941. The molecule has 93 valence electrons. The lowest BCUT2D eigenvalue weighted by Crippen LogP contribution is -2.01. The standard InChI is InChI=1S/C15H11N2O2/c1-10-13-7-2-3-8-14(13)17(16-10)12-6-4-5-11(9-12)15(18)19/h3-9H,1H3,(H,18,19). The third kappa shape index (κ3) is 1.87. The molecule has 0 amide bonds. The van der Waals surface area contributed by atoms with Gasteiger partial charge in [-0.25, -0.2) is 9.48 Å². The minimum Gasteiger partial charge on any atom is -0.478 e. The fourth-order valence-corrected chi connectivity index (χ4v) is 2.12. The van der Waals surface area contributed by atoms with Crippen LogP contribution in [0.4, 0.5) is 0 Å². The van der Waals surface area contributed by atoms with Gasteiger partial charge >= 0.3 is 5.97 Å². The first-order chi connectivity index (χ1) is 9.16. The molecule has 0 aliphatic carbocycles. The van der Waals surface area contributed by atoms with Crippen LogP contribution in [0.5, 0.6) is 0 Å². The lowest BCUT2D eigenvalue weighted by atomic mass is 10.2. The quantitative estimate of drug-likeness (QED) is 0.762. The molecule has 1 radical (unpaired) electrons. The molecule has 0 unspecified atom stereocenters. The lowest BCUT2D eigenvalue weighted by molar-refractivity contribution is 0.0697. The molecule has 3 aromatic rings. The summed E-state index contributed by atoms with van der Waals surface area (Å²) in [6.07, 6.45) is 0. The molecular formula is C15H11N2O2. The van der Waals surface area contributed by atoms with Gasteiger partial charge in [0.2, 0.25) is 0 Å². The molecule has 19 heavy (non-hydrogen) atoms. The predicted molar refractivity (Wildman–Crippen MR) is 71.6 cm³/mol. The van der Waals surface area contributed by atoms with Crippen LogP contribution in [0, 0.1) is 13.0 Å². The minimum absolute atomic E-state index is 0.251. The van der Waals surface area contributed by atoms with Crippen LogP contribution in [0.3, 0.4) is 0 Å². The summed E-state index contributed by atoms with van der Waals surface area (Å²) in [5, 5.41) is 14.5. The molecule has 0 aliphatic heterocycles. The Kier molecular flexibility index (Phi) is 2.56. The average molecular weight is 251 g/mol. The molecule has 4 nitrogen and oxygen atoms in total. The van der Waals surface area contributed by atoms with E-state index in [9.17, 15) is 4.79 Å². The number of hydrogen-bond acceptors (Lipinski definition) is 2. The summed E-state index contributed by atoms with van der Waals surface area (Å²) in [7, 11) is 0. The maximum absolute atomic E-state index is 11.0. The maximum atomic E-state index is 11.0. The van der Waals surface area contributed by atoms with E-state index in [0.29, 0.717) is 0 Å². The Balaban J connectivity index is 2.25. The highest BCUT2D eigenvalue weighted by Crippen LogP contribution is 2.21. The molecule has 2 aromatic carbocycles. The van der Waals surface area contributed by atoms with E-state index in [-0.39, 0.29) is 5.56 Å². The van der Waals surface area contributed by atoms with Crippen molar-refractivity contribution in [1.82, 2.24) is 9.78 Å². The summed E-state index contributed by atoms with van der Waals surface area (Å²) >= 11 is 0. The van der Waals surface area contributed by atoms with Crippen LogP contribution >= 0.6 is 0 Å². The van der Waals surface area contributed by atoms with E-state index < -0.39 is 5.97 Å². The summed E-state index contributed by atoms with van der Waals surface area (Å²) in [5.41, 5.74) is 2.83. The lowest BCUT2D eigenvalue weighted by Gasteiger charge is -2.04. The van der Waals surface area contributed by atoms with Crippen molar-refractivity contribution in [3.05, 3.63) is 59.8 Å². The van der Waals surface area contributed by atoms with Gasteiger partial charge in [-0.1, -0.05) is 12.1 Å². The highest BCUT2D eigenvalue weighted by atomic mass is 16.4. The largest absolute Gasteiger partial charge is 0.478 e. The Morgan fingerprint density at radius 3 is 3.00 bits per heavy atom. The second kappa shape index (κ2) is 4.24. The van der Waals surface area contributed by atoms with Crippen molar-refractivity contribution in [2.45, 2.75) is 6.92 Å². The molecule has 0 bridgehead atoms. The Hall–Kier alpha value is -2.62. The first-order valence-electron chi connectivity index (χ1n) is 5.86. The Labute approximate surface area is 109 Å². The molecule has 0 aliphatic rings. The zero-order valence-corrected chi connectivity index (χ0v) is 10.3. The number of nitrogens with zero attached hydrogens (tertiary/aromatic N) is 2. The van der Waals surface area contributed by atoms with Gasteiger partial charge in [0.05, 0.1) is 22.5 Å². The molecule has 0 spiro atoms. The third-order valence-electron chi connectivity index (χ3n) is 3.05. The van der Waals surface area contributed by atoms with Crippen molar-refractivity contribution in [3.8, 4) is 5.69 Å². The monoisotopic (exact) mass is 251 g/mol. The first-order valence-corrected chi connectivity index (χ1v) is 5.86. The number of benzene rings is 2. The van der Waals surface area contributed by atoms with Gasteiger partial charge in [0.15, 0.2) is 0 Å². The van der Waals surface area contributed by atoms with Gasteiger partial charge in [-0.15, -0.1) is 0 Å². The topological polar surface area (TPSA) is 55.1 Å². The Morgan fingerprint density at radius 1 is 1.37 bits per heavy atom. The number of carboxylic acid groups (broad SMARTS) is 1. The molecule has 0 saturated heterocycles. The predicted octanol–water partition coefficient (Wildman–Crippen LogP) is 2.83. The summed E-state index contributed by atoms with van der Waals surface area (Å²) < 4.78 is 1.75. The van der Waals surface area contributed by atoms with Gasteiger partial charge in [-0.3, -0.25) is 0 Å². The van der Waals surface area contributed by atoms with Crippen molar-refractivity contribution >= 4 is 16.9 Å². The number of aromatic nitrogens is 2. The normalized spacial score (nSPS) is 10.8. The second-order valence-corrected chi connectivity index (χ2v) is 4.30. The van der Waals surface area contributed by atoms with Crippen molar-refractivity contribution in [3.63, 3.8) is 0 Å². The highest BCUT2D eigenvalue weighted by molar-refractivity contribution is 5.89. The molecule has 1 N–H and O–H groups in total. The number of aryl methyl sites for hydroxylation is 1. The maximum Gasteiger partial charge on any atom is 0.335 e. The molecule has 0 atom stereocenters. The van der Waals surface area contributed by atoms with Crippen LogP contribution in [0.2, 0.25) is 0 Å². The molecule has 4 heteroatoms. The Morgan fingerprint density at radius 2 is 2.21 bits per heavy atom. The molecule has 1 heterocycles. The van der Waals surface area contributed by atoms with Crippen LogP contribution in [-0.2, 0) is 0 Å². The summed E-state index contributed by atoms with van der Waals surface area (Å²) in [6, 6.07) is 15.4. The first kappa shape index (κ1) is 11.5. The fraction of sp³-hybridized carbons (Fsp3) is 0.0667. The van der Waals surface area contributed by atoms with Crippen LogP contribution in [0.1, 0.15) is 16.1 Å². The SMILES string of the molecule is Cc1nn(-c2cccc(C(=O)O)c2)c2cc[c]cc12. The number of carbonyl (C=O) groups is 1. The molecule has 0 saturated carbocycles. The van der Waals surface area contributed by atoms with Gasteiger partial charge < -0.3 is 5.11 Å². The summed E-state index contributed by atoms with van der Waals surface area (Å²) in [6.45, 7) is 1.92. The van der Waals surface area contributed by atoms with Crippen LogP contribution < -0.4 is 0 Å². The van der Waals surface area contributed by atoms with Gasteiger partial charge in [0, 0.05) is 5.39 Å². The van der Waals surface area contributed by atoms with E-state index in [4.69, 9.17) is 5.11 Å². The van der Waals surface area contributed by atoms with Gasteiger partial charge in [0.1, 0.15) is 0 Å². The fourth-order valence-electron chi connectivity index (χ4n) is 2.12. The van der Waals surface area contributed by atoms with Gasteiger partial charge in [0.25, 0.3) is 0 Å². The van der Waals surface area contributed by atoms with Crippen LogP contribution in [0.25, 0.3) is 16.6 Å². The van der Waals surface area contributed by atoms with E-state index >= 15 is 0 Å². The second-order valence-electron chi connectivity index (χ2n) is 4.30. The van der Waals surface area contributed by atoms with Crippen LogP contribution in [-0.4, -0.2) is 20.9 Å². The van der Waals surface area contributed by atoms with Crippen molar-refractivity contribution in [2.75, 3.05) is 0 Å². The van der Waals surface area contributed by atoms with E-state index in [1.54, 1.807) is 22.9 Å². The van der Waals surface area contributed by atoms with Crippen molar-refractivity contribution < 1.29 is 9.90 Å². The zero-order valence-electron chi connectivity index (χ0n) is 10.3. The number of rotatable bonds is 2. The van der Waals surface area contributed by atoms with Crippen LogP contribution in [0.15, 0.2) is 42.5 Å². The Bertz CT molecular complexity index is 775. The van der Waals surface area contributed by atoms with Gasteiger partial charge in [-0.05, 0) is 43.3 Å². The smallest absolute Gasteiger partial charge is 0.335 e. The summed E-state index contributed by atoms with van der Waals surface area (Å²) in [4.78, 5) is 11.0. The van der Waals surface area contributed by atoms with Gasteiger partial charge in [-0.2, -0.15) is 5.10 Å². The van der Waals surface area contributed by atoms with E-state index in [2.05, 4.69) is 11.2 Å². The van der Waals surface area contributed by atoms with E-state index in [0.717, 1.165) is 22.3 Å². The van der Waals surface area contributed by atoms with Crippen molar-refractivity contribution in [1.29, 1.82) is 0 Å². The molecular weight excluding hydrogens is 240 g/mol. The van der Waals surface area contributed by atoms with E-state index in [1.165, 1.54) is 0 Å².